The van der Waals surface area contributed by atoms with Crippen LogP contribution in [0.15, 0.2) is 45.8 Å². The fourth-order valence-corrected chi connectivity index (χ4v) is 1.29. The minimum absolute atomic E-state index is 0.125. The van der Waals surface area contributed by atoms with Crippen LogP contribution in [0.3, 0.4) is 0 Å². The van der Waals surface area contributed by atoms with E-state index < -0.39 is 0 Å². The van der Waals surface area contributed by atoms with Gasteiger partial charge in [-0.15, -0.1) is 0 Å². The molecule has 0 bridgehead atoms. The molecule has 0 amide bonds. The van der Waals surface area contributed by atoms with Gasteiger partial charge in [0.2, 0.25) is 0 Å². The van der Waals surface area contributed by atoms with Crippen LogP contribution in [0.2, 0.25) is 0 Å². The van der Waals surface area contributed by atoms with E-state index in [1.807, 2.05) is 37.3 Å². The van der Waals surface area contributed by atoms with Gasteiger partial charge in [-0.2, -0.15) is 5.11 Å². The minimum Gasteiger partial charge on any atom is -0.396 e. The number of nitrogens with zero attached hydrogens (tertiary/aromatic N) is 4. The predicted octanol–water partition coefficient (Wildman–Crippen LogP) is 2.33. The maximum atomic E-state index is 8.03. The number of oxime groups is 1. The molecule has 0 fully saturated rings. The van der Waals surface area contributed by atoms with Crippen molar-refractivity contribution in [1.82, 2.24) is 5.01 Å². The molecule has 0 saturated heterocycles. The van der Waals surface area contributed by atoms with Gasteiger partial charge < -0.3 is 4.84 Å². The van der Waals surface area contributed by atoms with E-state index in [0.29, 0.717) is 12.3 Å². The standard InChI is InChI=1S/C12H17N5O/c1-4-18-15-11(10-8-6-5-7-9-10)12(13)17(3)16-14-2/h5-9,13H,4H2,1-3H3. The number of likely N-dealkylation sites (N-methyl/N-ethyl adjacent to an activating group) is 1. The Hall–Kier alpha value is -2.24. The lowest BCUT2D eigenvalue weighted by Gasteiger charge is -2.14. The summed E-state index contributed by atoms with van der Waals surface area (Å²) in [5.41, 5.74) is 1.22. The summed E-state index contributed by atoms with van der Waals surface area (Å²) >= 11 is 0. The summed E-state index contributed by atoms with van der Waals surface area (Å²) in [5, 5.41) is 20.7. The molecule has 0 aliphatic heterocycles. The molecule has 0 aliphatic carbocycles. The van der Waals surface area contributed by atoms with E-state index in [1.165, 1.54) is 5.01 Å². The summed E-state index contributed by atoms with van der Waals surface area (Å²) in [6.07, 6.45) is 0. The van der Waals surface area contributed by atoms with Crippen LogP contribution < -0.4 is 0 Å². The van der Waals surface area contributed by atoms with E-state index in [2.05, 4.69) is 15.5 Å². The summed E-state index contributed by atoms with van der Waals surface area (Å²) in [6, 6.07) is 9.39. The van der Waals surface area contributed by atoms with Crippen LogP contribution in [0.1, 0.15) is 12.5 Å². The molecule has 0 atom stereocenters. The molecular formula is C12H17N5O. The summed E-state index contributed by atoms with van der Waals surface area (Å²) in [4.78, 5) is 5.05. The Kier molecular flexibility index (Phi) is 5.50. The Morgan fingerprint density at radius 1 is 1.33 bits per heavy atom. The number of rotatable bonds is 5. The molecular weight excluding hydrogens is 230 g/mol. The fourth-order valence-electron chi connectivity index (χ4n) is 1.29. The zero-order valence-electron chi connectivity index (χ0n) is 10.8. The van der Waals surface area contributed by atoms with Crippen LogP contribution >= 0.6 is 0 Å². The Morgan fingerprint density at radius 3 is 2.56 bits per heavy atom. The first-order chi connectivity index (χ1) is 8.70. The van der Waals surface area contributed by atoms with Crippen LogP contribution in [0.25, 0.3) is 0 Å². The number of nitrogens with one attached hydrogen (secondary N) is 1. The SMILES string of the molecule is CCON=C(C(=N)N(C)N=NC)c1ccccc1. The molecule has 1 aromatic rings. The predicted molar refractivity (Wildman–Crippen MR) is 70.9 cm³/mol. The Bertz CT molecular complexity index is 441. The molecule has 0 spiro atoms. The maximum Gasteiger partial charge on any atom is 0.172 e. The number of benzene rings is 1. The molecule has 6 nitrogen and oxygen atoms in total. The second-order valence-electron chi connectivity index (χ2n) is 3.39. The van der Waals surface area contributed by atoms with Crippen LogP contribution in [0.5, 0.6) is 0 Å². The molecule has 0 unspecified atom stereocenters. The zero-order chi connectivity index (χ0) is 13.4. The number of hydrogen-bond acceptors (Lipinski definition) is 5. The largest absolute Gasteiger partial charge is 0.396 e. The van der Waals surface area contributed by atoms with E-state index >= 15 is 0 Å². The summed E-state index contributed by atoms with van der Waals surface area (Å²) < 4.78 is 0. The summed E-state index contributed by atoms with van der Waals surface area (Å²) in [6.45, 7) is 2.29. The molecule has 0 aromatic heterocycles. The van der Waals surface area contributed by atoms with E-state index in [0.717, 1.165) is 5.56 Å². The van der Waals surface area contributed by atoms with Crippen molar-refractivity contribution in [1.29, 1.82) is 5.41 Å². The Balaban J connectivity index is 3.03. The third-order valence-corrected chi connectivity index (χ3v) is 2.10. The van der Waals surface area contributed by atoms with Crippen molar-refractivity contribution in [3.63, 3.8) is 0 Å². The van der Waals surface area contributed by atoms with Gasteiger partial charge in [0.05, 0.1) is 7.05 Å². The highest BCUT2D eigenvalue weighted by Crippen LogP contribution is 2.05. The van der Waals surface area contributed by atoms with E-state index in [1.54, 1.807) is 14.1 Å². The Labute approximate surface area is 106 Å². The smallest absolute Gasteiger partial charge is 0.172 e. The molecule has 96 valence electrons. The molecule has 1 aromatic carbocycles. The molecule has 0 aliphatic rings. The molecule has 1 rings (SSSR count). The van der Waals surface area contributed by atoms with Crippen molar-refractivity contribution in [3.8, 4) is 0 Å². The highest BCUT2D eigenvalue weighted by Gasteiger charge is 2.15. The van der Waals surface area contributed by atoms with Crippen LogP contribution in [-0.4, -0.2) is 37.3 Å². The van der Waals surface area contributed by atoms with Crippen LogP contribution in [0, 0.1) is 5.41 Å². The van der Waals surface area contributed by atoms with Crippen molar-refractivity contribution < 1.29 is 4.84 Å². The van der Waals surface area contributed by atoms with Gasteiger partial charge in [-0.3, -0.25) is 5.41 Å². The average molecular weight is 247 g/mol. The lowest BCUT2D eigenvalue weighted by Crippen LogP contribution is -2.29. The van der Waals surface area contributed by atoms with Gasteiger partial charge in [0.1, 0.15) is 6.61 Å². The lowest BCUT2D eigenvalue weighted by molar-refractivity contribution is 0.159. The van der Waals surface area contributed by atoms with Crippen LogP contribution in [-0.2, 0) is 4.84 Å². The van der Waals surface area contributed by atoms with Crippen molar-refractivity contribution in [2.45, 2.75) is 6.92 Å². The summed E-state index contributed by atoms with van der Waals surface area (Å²) in [5.74, 6) is 0.125. The molecule has 0 radical (unpaired) electrons. The third-order valence-electron chi connectivity index (χ3n) is 2.10. The first-order valence-corrected chi connectivity index (χ1v) is 5.58. The van der Waals surface area contributed by atoms with Gasteiger partial charge in [-0.25, -0.2) is 5.01 Å². The van der Waals surface area contributed by atoms with E-state index in [4.69, 9.17) is 10.2 Å². The Morgan fingerprint density at radius 2 is 2.00 bits per heavy atom. The first kappa shape index (κ1) is 13.8. The van der Waals surface area contributed by atoms with Crippen molar-refractivity contribution >= 4 is 11.5 Å². The quantitative estimate of drug-likeness (QED) is 0.375. The second-order valence-corrected chi connectivity index (χ2v) is 3.39. The van der Waals surface area contributed by atoms with E-state index in [9.17, 15) is 0 Å². The third kappa shape index (κ3) is 3.65. The number of amidine groups is 1. The van der Waals surface area contributed by atoms with Gasteiger partial charge in [-0.05, 0) is 6.92 Å². The van der Waals surface area contributed by atoms with Crippen molar-refractivity contribution in [2.24, 2.45) is 15.5 Å². The average Bonchev–Trinajstić information content (AvgIpc) is 2.40. The van der Waals surface area contributed by atoms with Gasteiger partial charge in [-0.1, -0.05) is 40.7 Å². The highest BCUT2D eigenvalue weighted by atomic mass is 16.6. The van der Waals surface area contributed by atoms with Gasteiger partial charge in [0.25, 0.3) is 0 Å². The number of hydrogen-bond donors (Lipinski definition) is 1. The maximum absolute atomic E-state index is 8.03. The van der Waals surface area contributed by atoms with Gasteiger partial charge >= 0.3 is 0 Å². The minimum atomic E-state index is 0.125. The molecule has 6 heteroatoms. The first-order valence-electron chi connectivity index (χ1n) is 5.58. The van der Waals surface area contributed by atoms with Gasteiger partial charge in [0, 0.05) is 12.6 Å². The fraction of sp³-hybridized carbons (Fsp3) is 0.333. The molecule has 1 N–H and O–H groups in total. The van der Waals surface area contributed by atoms with Crippen LogP contribution in [0.4, 0.5) is 0 Å². The van der Waals surface area contributed by atoms with E-state index in [-0.39, 0.29) is 5.84 Å². The molecule has 0 heterocycles. The highest BCUT2D eigenvalue weighted by molar-refractivity contribution is 6.46. The van der Waals surface area contributed by atoms with Gasteiger partial charge in [0.15, 0.2) is 11.5 Å². The van der Waals surface area contributed by atoms with Crippen molar-refractivity contribution in [3.05, 3.63) is 35.9 Å². The normalized spacial score (nSPS) is 11.6. The molecule has 18 heavy (non-hydrogen) atoms. The topological polar surface area (TPSA) is 73.4 Å². The van der Waals surface area contributed by atoms with Crippen molar-refractivity contribution in [2.75, 3.05) is 20.7 Å². The second kappa shape index (κ2) is 7.16. The zero-order valence-corrected chi connectivity index (χ0v) is 10.8. The monoisotopic (exact) mass is 247 g/mol. The lowest BCUT2D eigenvalue weighted by atomic mass is 10.1. The summed E-state index contributed by atoms with van der Waals surface area (Å²) in [7, 11) is 3.19. The molecule has 0 saturated carbocycles.